The fraction of sp³-hybridized carbons (Fsp3) is 0.636. The van der Waals surface area contributed by atoms with Gasteiger partial charge in [0, 0.05) is 37.7 Å². The molecule has 0 amide bonds. The van der Waals surface area contributed by atoms with Crippen LogP contribution in [0.25, 0.3) is 0 Å². The number of rotatable bonds is 4. The molecule has 2 fully saturated rings. The van der Waals surface area contributed by atoms with Crippen LogP contribution in [0.3, 0.4) is 0 Å². The number of piperidine rings is 1. The Morgan fingerprint density at radius 3 is 2.38 bits per heavy atom. The highest BCUT2D eigenvalue weighted by atomic mass is 16.3. The largest absolute Gasteiger partial charge is 0.395 e. The third kappa shape index (κ3) is 5.56. The summed E-state index contributed by atoms with van der Waals surface area (Å²) < 4.78 is 0. The Morgan fingerprint density at radius 1 is 1.00 bits per heavy atom. The van der Waals surface area contributed by atoms with Gasteiger partial charge < -0.3 is 10.2 Å². The second-order valence-electron chi connectivity index (χ2n) is 7.58. The van der Waals surface area contributed by atoms with E-state index < -0.39 is 0 Å². The van der Waals surface area contributed by atoms with E-state index in [4.69, 9.17) is 5.11 Å². The molecule has 2 aliphatic rings. The van der Waals surface area contributed by atoms with Gasteiger partial charge in [-0.3, -0.25) is 9.80 Å². The van der Waals surface area contributed by atoms with E-state index in [0.717, 1.165) is 44.7 Å². The molecule has 4 heteroatoms. The zero-order chi connectivity index (χ0) is 18.2. The molecule has 0 bridgehead atoms. The van der Waals surface area contributed by atoms with Crippen molar-refractivity contribution in [1.82, 2.24) is 9.80 Å². The van der Waals surface area contributed by atoms with Crippen molar-refractivity contribution in [2.75, 3.05) is 32.8 Å². The second kappa shape index (κ2) is 10.1. The Labute approximate surface area is 157 Å². The van der Waals surface area contributed by atoms with Crippen molar-refractivity contribution in [2.24, 2.45) is 0 Å². The summed E-state index contributed by atoms with van der Waals surface area (Å²) >= 11 is 0. The van der Waals surface area contributed by atoms with Gasteiger partial charge in [0.15, 0.2) is 0 Å². The summed E-state index contributed by atoms with van der Waals surface area (Å²) in [5, 5.41) is 19.5. The van der Waals surface area contributed by atoms with E-state index in [1.807, 2.05) is 12.1 Å². The number of β-amino-alcohol motifs (C(OH)–C–C–N with tert-alkyl or cyclic N) is 1. The van der Waals surface area contributed by atoms with E-state index >= 15 is 0 Å². The molecule has 142 valence electrons. The van der Waals surface area contributed by atoms with Gasteiger partial charge in [0.2, 0.25) is 0 Å². The zero-order valence-electron chi connectivity index (χ0n) is 15.7. The fourth-order valence-electron chi connectivity index (χ4n) is 4.15. The molecule has 26 heavy (non-hydrogen) atoms. The van der Waals surface area contributed by atoms with Gasteiger partial charge in [-0.15, -0.1) is 0 Å². The van der Waals surface area contributed by atoms with E-state index in [2.05, 4.69) is 33.8 Å². The zero-order valence-corrected chi connectivity index (χ0v) is 15.7. The number of nitrogens with zero attached hydrogens (tertiary/aromatic N) is 2. The molecular formula is C22H32N2O2. The maximum Gasteiger partial charge on any atom is 0.0822 e. The van der Waals surface area contributed by atoms with Crippen LogP contribution in [0.1, 0.15) is 49.7 Å². The predicted molar refractivity (Wildman–Crippen MR) is 105 cm³/mol. The smallest absolute Gasteiger partial charge is 0.0822 e. The molecule has 2 N–H and O–H groups in total. The van der Waals surface area contributed by atoms with Crippen LogP contribution >= 0.6 is 0 Å². The molecule has 2 saturated heterocycles. The number of aliphatic hydroxyl groups is 2. The molecule has 3 rings (SSSR count). The number of likely N-dealkylation sites (tertiary alicyclic amines) is 2. The maximum absolute atomic E-state index is 10.7. The van der Waals surface area contributed by atoms with E-state index in [0.29, 0.717) is 12.5 Å². The van der Waals surface area contributed by atoms with Gasteiger partial charge in [-0.25, -0.2) is 0 Å². The lowest BCUT2D eigenvalue weighted by Gasteiger charge is -2.41. The van der Waals surface area contributed by atoms with Gasteiger partial charge >= 0.3 is 0 Å². The number of hydrogen-bond acceptors (Lipinski definition) is 4. The normalized spacial score (nSPS) is 25.3. The first-order chi connectivity index (χ1) is 12.8. The van der Waals surface area contributed by atoms with Crippen molar-refractivity contribution < 1.29 is 10.2 Å². The van der Waals surface area contributed by atoms with Gasteiger partial charge in [-0.2, -0.15) is 0 Å². The molecule has 1 aromatic carbocycles. The van der Waals surface area contributed by atoms with Gasteiger partial charge in [0.1, 0.15) is 0 Å². The van der Waals surface area contributed by atoms with E-state index in [-0.39, 0.29) is 12.7 Å². The molecular weight excluding hydrogens is 324 g/mol. The van der Waals surface area contributed by atoms with E-state index in [1.165, 1.54) is 31.2 Å². The summed E-state index contributed by atoms with van der Waals surface area (Å²) in [6.45, 7) is 5.12. The molecule has 1 aromatic rings. The third-order valence-electron chi connectivity index (χ3n) is 5.57. The Balaban J connectivity index is 1.50. The van der Waals surface area contributed by atoms with Crippen LogP contribution in [-0.4, -0.2) is 64.9 Å². The van der Waals surface area contributed by atoms with Crippen molar-refractivity contribution in [2.45, 2.75) is 57.2 Å². The Kier molecular flexibility index (Phi) is 7.52. The van der Waals surface area contributed by atoms with Crippen molar-refractivity contribution in [3.05, 3.63) is 35.4 Å². The summed E-state index contributed by atoms with van der Waals surface area (Å²) in [6.07, 6.45) is 6.57. The van der Waals surface area contributed by atoms with Crippen molar-refractivity contribution in [3.8, 4) is 11.8 Å². The number of benzene rings is 1. The summed E-state index contributed by atoms with van der Waals surface area (Å²) in [4.78, 5) is 4.90. The van der Waals surface area contributed by atoms with E-state index in [1.54, 1.807) is 0 Å². The Bertz CT molecular complexity index is 597. The lowest BCUT2D eigenvalue weighted by molar-refractivity contribution is -0.0144. The average molecular weight is 357 g/mol. The van der Waals surface area contributed by atoms with Crippen molar-refractivity contribution in [3.63, 3.8) is 0 Å². The molecule has 2 aliphatic heterocycles. The first-order valence-electron chi connectivity index (χ1n) is 10.1. The van der Waals surface area contributed by atoms with Crippen LogP contribution < -0.4 is 0 Å². The molecule has 0 spiro atoms. The minimum atomic E-state index is -0.245. The molecule has 2 atom stereocenters. The molecule has 0 aromatic heterocycles. The summed E-state index contributed by atoms with van der Waals surface area (Å²) in [6, 6.07) is 8.67. The first kappa shape index (κ1) is 19.4. The van der Waals surface area contributed by atoms with Crippen LogP contribution in [0.15, 0.2) is 24.3 Å². The standard InChI is InChI=1S/C22H32N2O2/c25-16-6-3-7-19-8-10-20(11-9-19)17-23-15-12-21(22(26)18-23)24-13-4-1-2-5-14-24/h8-11,21-22,25-26H,1-2,4-6,12-18H2/t21-,22-/m1/s1. The Hall–Kier alpha value is -1.38. The van der Waals surface area contributed by atoms with Crippen LogP contribution in [0.4, 0.5) is 0 Å². The highest BCUT2D eigenvalue weighted by Gasteiger charge is 2.32. The monoisotopic (exact) mass is 356 g/mol. The highest BCUT2D eigenvalue weighted by molar-refractivity contribution is 5.36. The Morgan fingerprint density at radius 2 is 1.73 bits per heavy atom. The fourth-order valence-corrected chi connectivity index (χ4v) is 4.15. The van der Waals surface area contributed by atoms with Crippen LogP contribution in [0.5, 0.6) is 0 Å². The van der Waals surface area contributed by atoms with Crippen LogP contribution in [0, 0.1) is 11.8 Å². The van der Waals surface area contributed by atoms with E-state index in [9.17, 15) is 5.11 Å². The SMILES string of the molecule is OCCC#Cc1ccc(CN2CC[C@@H](N3CCCCCC3)[C@H](O)C2)cc1. The summed E-state index contributed by atoms with van der Waals surface area (Å²) in [7, 11) is 0. The van der Waals surface area contributed by atoms with Crippen LogP contribution in [-0.2, 0) is 6.54 Å². The topological polar surface area (TPSA) is 46.9 Å². The minimum absolute atomic E-state index is 0.112. The highest BCUT2D eigenvalue weighted by Crippen LogP contribution is 2.22. The van der Waals surface area contributed by atoms with Gasteiger partial charge in [-0.1, -0.05) is 36.8 Å². The second-order valence-corrected chi connectivity index (χ2v) is 7.58. The molecule has 4 nitrogen and oxygen atoms in total. The predicted octanol–water partition coefficient (Wildman–Crippen LogP) is 2.23. The van der Waals surface area contributed by atoms with Crippen molar-refractivity contribution in [1.29, 1.82) is 0 Å². The quantitative estimate of drug-likeness (QED) is 0.812. The summed E-state index contributed by atoms with van der Waals surface area (Å²) in [5.74, 6) is 6.01. The average Bonchev–Trinajstić information content (AvgIpc) is 2.93. The summed E-state index contributed by atoms with van der Waals surface area (Å²) in [5.41, 5.74) is 2.25. The lowest BCUT2D eigenvalue weighted by atomic mass is 9.99. The van der Waals surface area contributed by atoms with Gasteiger partial charge in [0.25, 0.3) is 0 Å². The first-order valence-corrected chi connectivity index (χ1v) is 10.1. The number of aliphatic hydroxyl groups excluding tert-OH is 2. The molecule has 0 saturated carbocycles. The minimum Gasteiger partial charge on any atom is -0.395 e. The van der Waals surface area contributed by atoms with Crippen molar-refractivity contribution >= 4 is 0 Å². The number of hydrogen-bond donors (Lipinski definition) is 2. The lowest BCUT2D eigenvalue weighted by Crippen LogP contribution is -2.54. The van der Waals surface area contributed by atoms with Gasteiger partial charge in [-0.05, 0) is 50.0 Å². The third-order valence-corrected chi connectivity index (χ3v) is 5.57. The molecule has 2 heterocycles. The van der Waals surface area contributed by atoms with Gasteiger partial charge in [0.05, 0.1) is 12.7 Å². The molecule has 0 radical (unpaired) electrons. The molecule has 0 unspecified atom stereocenters. The maximum atomic E-state index is 10.7. The van der Waals surface area contributed by atoms with Crippen LogP contribution in [0.2, 0.25) is 0 Å². The molecule has 0 aliphatic carbocycles.